The minimum Gasteiger partial charge on any atom is -0.374 e. The third-order valence-corrected chi connectivity index (χ3v) is 5.11. The van der Waals surface area contributed by atoms with Gasteiger partial charge in [-0.05, 0) is 0 Å². The number of nitrogens with zero attached hydrogens (tertiary/aromatic N) is 2. The molecule has 0 aromatic carbocycles. The van der Waals surface area contributed by atoms with Gasteiger partial charge in [-0.25, -0.2) is 13.4 Å². The van der Waals surface area contributed by atoms with Gasteiger partial charge in [0.25, 0.3) is 0 Å². The molecule has 1 aliphatic heterocycles. The number of sulfonamides is 1. The zero-order valence-corrected chi connectivity index (χ0v) is 14.0. The van der Waals surface area contributed by atoms with Crippen LogP contribution in [0.1, 0.15) is 6.42 Å². The van der Waals surface area contributed by atoms with Crippen LogP contribution in [0.2, 0.25) is 0 Å². The molecular formula is C12H20N4O4S2. The number of amides is 1. The Morgan fingerprint density at radius 2 is 2.41 bits per heavy atom. The van der Waals surface area contributed by atoms with Gasteiger partial charge in [0, 0.05) is 44.2 Å². The van der Waals surface area contributed by atoms with Gasteiger partial charge in [0.1, 0.15) is 0 Å². The van der Waals surface area contributed by atoms with Gasteiger partial charge in [-0.2, -0.15) is 4.31 Å². The Morgan fingerprint density at radius 3 is 3.09 bits per heavy atom. The van der Waals surface area contributed by atoms with Gasteiger partial charge in [-0.1, -0.05) is 0 Å². The maximum Gasteiger partial charge on any atom is 0.227 e. The summed E-state index contributed by atoms with van der Waals surface area (Å²) in [5, 5.41) is 8.19. The summed E-state index contributed by atoms with van der Waals surface area (Å²) in [5.74, 6) is -0.107. The van der Waals surface area contributed by atoms with Crippen molar-refractivity contribution in [2.75, 3.05) is 44.4 Å². The predicted octanol–water partition coefficient (Wildman–Crippen LogP) is -0.278. The second kappa shape index (κ2) is 7.97. The number of hydrogen-bond donors (Lipinski definition) is 2. The molecule has 0 spiro atoms. The third-order valence-electron chi connectivity index (χ3n) is 3.15. The maximum atomic E-state index is 11.6. The molecule has 2 heterocycles. The highest BCUT2D eigenvalue weighted by molar-refractivity contribution is 7.88. The average molecular weight is 348 g/mol. The molecule has 1 aromatic heterocycles. The van der Waals surface area contributed by atoms with Crippen LogP contribution in [-0.2, 0) is 19.6 Å². The standard InChI is InChI=1S/C12H20N4O4S2/c1-22(18,19)16-5-6-20-10(9-16)8-13-3-2-11(17)15-12-14-4-7-21-12/h4,7,10,13H,2-3,5-6,8-9H2,1H3,(H,14,15,17)/t10-/m1/s1. The second-order valence-electron chi connectivity index (χ2n) is 4.95. The fourth-order valence-corrected chi connectivity index (χ4v) is 3.44. The van der Waals surface area contributed by atoms with Crippen molar-refractivity contribution < 1.29 is 17.9 Å². The lowest BCUT2D eigenvalue weighted by molar-refractivity contribution is -0.116. The number of rotatable bonds is 7. The summed E-state index contributed by atoms with van der Waals surface area (Å²) in [7, 11) is -3.18. The van der Waals surface area contributed by atoms with Crippen molar-refractivity contribution in [1.82, 2.24) is 14.6 Å². The van der Waals surface area contributed by atoms with Gasteiger partial charge in [-0.3, -0.25) is 4.79 Å². The van der Waals surface area contributed by atoms with Crippen molar-refractivity contribution >= 4 is 32.4 Å². The smallest absolute Gasteiger partial charge is 0.227 e. The molecule has 124 valence electrons. The topological polar surface area (TPSA) is 101 Å². The number of morpholine rings is 1. The van der Waals surface area contributed by atoms with Crippen molar-refractivity contribution in [3.8, 4) is 0 Å². The van der Waals surface area contributed by atoms with E-state index in [2.05, 4.69) is 15.6 Å². The van der Waals surface area contributed by atoms with E-state index in [1.54, 1.807) is 11.6 Å². The first-order chi connectivity index (χ1) is 10.4. The molecule has 2 N–H and O–H groups in total. The fourth-order valence-electron chi connectivity index (χ4n) is 2.05. The lowest BCUT2D eigenvalue weighted by Gasteiger charge is -2.31. The van der Waals surface area contributed by atoms with E-state index >= 15 is 0 Å². The minimum atomic E-state index is -3.18. The quantitative estimate of drug-likeness (QED) is 0.658. The van der Waals surface area contributed by atoms with Crippen LogP contribution >= 0.6 is 11.3 Å². The van der Waals surface area contributed by atoms with Crippen LogP contribution in [0.4, 0.5) is 5.13 Å². The van der Waals surface area contributed by atoms with E-state index in [4.69, 9.17) is 4.74 Å². The SMILES string of the molecule is CS(=O)(=O)N1CCO[C@H](CNCCC(=O)Nc2nccs2)C1. The highest BCUT2D eigenvalue weighted by Gasteiger charge is 2.26. The van der Waals surface area contributed by atoms with E-state index in [0.29, 0.717) is 44.3 Å². The summed E-state index contributed by atoms with van der Waals surface area (Å²) >= 11 is 1.37. The summed E-state index contributed by atoms with van der Waals surface area (Å²) in [5.41, 5.74) is 0. The van der Waals surface area contributed by atoms with Crippen molar-refractivity contribution in [3.05, 3.63) is 11.6 Å². The van der Waals surface area contributed by atoms with Crippen LogP contribution in [0.25, 0.3) is 0 Å². The predicted molar refractivity (Wildman–Crippen MR) is 84.4 cm³/mol. The summed E-state index contributed by atoms with van der Waals surface area (Å²) < 4.78 is 29.9. The molecule has 1 saturated heterocycles. The molecule has 22 heavy (non-hydrogen) atoms. The first-order valence-electron chi connectivity index (χ1n) is 6.92. The van der Waals surface area contributed by atoms with Crippen LogP contribution < -0.4 is 10.6 Å². The molecule has 8 nitrogen and oxygen atoms in total. The lowest BCUT2D eigenvalue weighted by atomic mass is 10.3. The fraction of sp³-hybridized carbons (Fsp3) is 0.667. The highest BCUT2D eigenvalue weighted by Crippen LogP contribution is 2.10. The Hall–Kier alpha value is -1.07. The van der Waals surface area contributed by atoms with Crippen molar-refractivity contribution in [3.63, 3.8) is 0 Å². The number of thiazole rings is 1. The van der Waals surface area contributed by atoms with Gasteiger partial charge in [-0.15, -0.1) is 11.3 Å². The molecule has 10 heteroatoms. The average Bonchev–Trinajstić information content (AvgIpc) is 2.96. The largest absolute Gasteiger partial charge is 0.374 e. The maximum absolute atomic E-state index is 11.6. The van der Waals surface area contributed by atoms with Gasteiger partial charge >= 0.3 is 0 Å². The number of anilines is 1. The molecule has 1 atom stereocenters. The van der Waals surface area contributed by atoms with Gasteiger partial charge in [0.05, 0.1) is 19.0 Å². The molecule has 0 aliphatic carbocycles. The summed E-state index contributed by atoms with van der Waals surface area (Å²) in [4.78, 5) is 15.6. The van der Waals surface area contributed by atoms with Crippen LogP contribution in [0.5, 0.6) is 0 Å². The molecule has 1 aliphatic rings. The summed E-state index contributed by atoms with van der Waals surface area (Å²) in [6, 6.07) is 0. The number of nitrogens with one attached hydrogen (secondary N) is 2. The Morgan fingerprint density at radius 1 is 1.59 bits per heavy atom. The molecule has 0 bridgehead atoms. The van der Waals surface area contributed by atoms with E-state index in [1.165, 1.54) is 21.9 Å². The van der Waals surface area contributed by atoms with E-state index in [-0.39, 0.29) is 12.0 Å². The Bertz CT molecular complexity index is 576. The molecule has 1 amide bonds. The minimum absolute atomic E-state index is 0.107. The van der Waals surface area contributed by atoms with Crippen LogP contribution in [0, 0.1) is 0 Å². The molecule has 1 fully saturated rings. The van der Waals surface area contributed by atoms with Gasteiger partial charge in [0.2, 0.25) is 15.9 Å². The Labute approximate surface area is 133 Å². The molecular weight excluding hydrogens is 328 g/mol. The van der Waals surface area contributed by atoms with Gasteiger partial charge in [0.15, 0.2) is 5.13 Å². The summed E-state index contributed by atoms with van der Waals surface area (Å²) in [6.07, 6.45) is 2.96. The molecule has 0 saturated carbocycles. The molecule has 2 rings (SSSR count). The van der Waals surface area contributed by atoms with Gasteiger partial charge < -0.3 is 15.4 Å². The lowest BCUT2D eigenvalue weighted by Crippen LogP contribution is -2.48. The number of ether oxygens (including phenoxy) is 1. The van der Waals surface area contributed by atoms with E-state index in [9.17, 15) is 13.2 Å². The number of carbonyl (C=O) groups excluding carboxylic acids is 1. The van der Waals surface area contributed by atoms with Crippen LogP contribution in [-0.4, -0.2) is 68.8 Å². The second-order valence-corrected chi connectivity index (χ2v) is 7.83. The van der Waals surface area contributed by atoms with Crippen LogP contribution in [0.3, 0.4) is 0 Å². The molecule has 1 aromatic rings. The van der Waals surface area contributed by atoms with Crippen molar-refractivity contribution in [2.24, 2.45) is 0 Å². The van der Waals surface area contributed by atoms with E-state index in [0.717, 1.165) is 0 Å². The Kier molecular flexibility index (Phi) is 6.26. The molecule has 0 unspecified atom stereocenters. The monoisotopic (exact) mass is 348 g/mol. The first-order valence-corrected chi connectivity index (χ1v) is 9.65. The number of carbonyl (C=O) groups is 1. The zero-order valence-electron chi connectivity index (χ0n) is 12.3. The first kappa shape index (κ1) is 17.3. The zero-order chi connectivity index (χ0) is 16.0. The van der Waals surface area contributed by atoms with Crippen LogP contribution in [0.15, 0.2) is 11.6 Å². The van der Waals surface area contributed by atoms with Crippen molar-refractivity contribution in [1.29, 1.82) is 0 Å². The number of hydrogen-bond acceptors (Lipinski definition) is 7. The normalized spacial score (nSPS) is 20.0. The van der Waals surface area contributed by atoms with E-state index in [1.807, 2.05) is 0 Å². The number of aromatic nitrogens is 1. The van der Waals surface area contributed by atoms with E-state index < -0.39 is 10.0 Å². The molecule has 0 radical (unpaired) electrons. The highest BCUT2D eigenvalue weighted by atomic mass is 32.2. The summed E-state index contributed by atoms with van der Waals surface area (Å²) in [6.45, 7) is 2.14. The third kappa shape index (κ3) is 5.61. The Balaban J connectivity index is 1.63. The van der Waals surface area contributed by atoms with Crippen molar-refractivity contribution in [2.45, 2.75) is 12.5 Å².